The number of aromatic nitrogens is 5. The number of fused-ring (bicyclic) bond motifs is 2. The second kappa shape index (κ2) is 9.70. The molecule has 1 aliphatic rings. The summed E-state index contributed by atoms with van der Waals surface area (Å²) in [6.07, 6.45) is 6.65. The van der Waals surface area contributed by atoms with Crippen LogP contribution in [0.5, 0.6) is 0 Å². The summed E-state index contributed by atoms with van der Waals surface area (Å²) >= 11 is 0. The van der Waals surface area contributed by atoms with E-state index in [1.54, 1.807) is 42.0 Å². The van der Waals surface area contributed by atoms with Gasteiger partial charge >= 0.3 is 0 Å². The first kappa shape index (κ1) is 23.8. The number of rotatable bonds is 5. The third-order valence-electron chi connectivity index (χ3n) is 7.13. The molecule has 5 heterocycles. The van der Waals surface area contributed by atoms with Crippen LogP contribution in [0, 0.1) is 12.7 Å². The monoisotopic (exact) mass is 510 g/mol. The van der Waals surface area contributed by atoms with Crippen LogP contribution < -0.4 is 10.2 Å². The summed E-state index contributed by atoms with van der Waals surface area (Å²) in [5.41, 5.74) is 3.63. The number of nitrogens with zero attached hydrogens (tertiary/aromatic N) is 7. The fraction of sp³-hybridized carbons (Fsp3) is 0.250. The van der Waals surface area contributed by atoms with Gasteiger partial charge in [0, 0.05) is 66.8 Å². The van der Waals surface area contributed by atoms with E-state index in [1.807, 2.05) is 23.2 Å². The van der Waals surface area contributed by atoms with Crippen molar-refractivity contribution >= 4 is 34.0 Å². The average Bonchev–Trinajstić information content (AvgIpc) is 3.45. The maximum Gasteiger partial charge on any atom is 0.254 e. The standard InChI is InChI=1S/C28H27FN8O/c1-18-23(29)6-5-21-16-22(19(2)33-26-24-4-3-11-37(24)32-17-31-26)27(34-25(18)21)35-12-14-36(15-13-35)28(38)20-7-9-30-10-8-20/h3-11,16-17,19H,12-15H2,1-2H3,(H,31,32,33)/t19-/m0/s1. The molecular weight excluding hydrogens is 483 g/mol. The molecule has 192 valence electrons. The highest BCUT2D eigenvalue weighted by molar-refractivity contribution is 5.94. The van der Waals surface area contributed by atoms with Crippen LogP contribution in [-0.4, -0.2) is 61.6 Å². The Kier molecular flexibility index (Phi) is 6.07. The Balaban J connectivity index is 1.33. The number of carbonyl (C=O) groups excluding carboxylic acids is 1. The van der Waals surface area contributed by atoms with Gasteiger partial charge in [-0.25, -0.2) is 18.9 Å². The summed E-state index contributed by atoms with van der Waals surface area (Å²) < 4.78 is 16.2. The van der Waals surface area contributed by atoms with Gasteiger partial charge in [0.15, 0.2) is 5.82 Å². The molecule has 1 saturated heterocycles. The van der Waals surface area contributed by atoms with Crippen molar-refractivity contribution in [3.63, 3.8) is 0 Å². The average molecular weight is 511 g/mol. The Morgan fingerprint density at radius 2 is 1.87 bits per heavy atom. The van der Waals surface area contributed by atoms with Gasteiger partial charge in [-0.3, -0.25) is 9.78 Å². The molecule has 4 aromatic heterocycles. The lowest BCUT2D eigenvalue weighted by Gasteiger charge is -2.37. The number of anilines is 2. The van der Waals surface area contributed by atoms with Crippen molar-refractivity contribution in [1.29, 1.82) is 0 Å². The predicted octanol–water partition coefficient (Wildman–Crippen LogP) is 4.26. The highest BCUT2D eigenvalue weighted by Gasteiger charge is 2.26. The molecule has 1 aromatic carbocycles. The number of hydrogen-bond donors (Lipinski definition) is 1. The second-order valence-corrected chi connectivity index (χ2v) is 9.47. The minimum absolute atomic E-state index is 0.00771. The highest BCUT2D eigenvalue weighted by Crippen LogP contribution is 2.33. The number of piperazine rings is 1. The molecule has 0 aliphatic carbocycles. The van der Waals surface area contributed by atoms with E-state index in [0.717, 1.165) is 22.3 Å². The Hall–Kier alpha value is -4.60. The van der Waals surface area contributed by atoms with E-state index in [9.17, 15) is 9.18 Å². The third-order valence-corrected chi connectivity index (χ3v) is 7.13. The lowest BCUT2D eigenvalue weighted by Crippen LogP contribution is -2.49. The number of aryl methyl sites for hydroxylation is 1. The van der Waals surface area contributed by atoms with E-state index in [1.165, 1.54) is 12.4 Å². The molecule has 1 N–H and O–H groups in total. The maximum absolute atomic E-state index is 14.5. The normalized spacial score (nSPS) is 14.7. The molecular formula is C28H27FN8O. The molecule has 0 radical (unpaired) electrons. The number of pyridine rings is 2. The molecule has 0 bridgehead atoms. The molecule has 0 spiro atoms. The lowest BCUT2D eigenvalue weighted by molar-refractivity contribution is 0.0746. The van der Waals surface area contributed by atoms with Gasteiger partial charge in [-0.15, -0.1) is 0 Å². The zero-order valence-corrected chi connectivity index (χ0v) is 21.2. The van der Waals surface area contributed by atoms with Crippen molar-refractivity contribution in [1.82, 2.24) is 29.5 Å². The van der Waals surface area contributed by atoms with Crippen LogP contribution in [0.15, 0.2) is 67.4 Å². The van der Waals surface area contributed by atoms with E-state index < -0.39 is 0 Å². The van der Waals surface area contributed by atoms with Crippen molar-refractivity contribution in [3.8, 4) is 0 Å². The molecule has 1 amide bonds. The maximum atomic E-state index is 14.5. The van der Waals surface area contributed by atoms with Gasteiger partial charge in [-0.05, 0) is 56.3 Å². The zero-order chi connectivity index (χ0) is 26.2. The van der Waals surface area contributed by atoms with Crippen molar-refractivity contribution in [2.75, 3.05) is 36.4 Å². The van der Waals surface area contributed by atoms with Gasteiger partial charge in [-0.2, -0.15) is 5.10 Å². The van der Waals surface area contributed by atoms with Crippen LogP contribution in [0.1, 0.15) is 34.5 Å². The van der Waals surface area contributed by atoms with Gasteiger partial charge in [0.1, 0.15) is 23.5 Å². The molecule has 1 fully saturated rings. The van der Waals surface area contributed by atoms with Crippen molar-refractivity contribution in [2.24, 2.45) is 0 Å². The van der Waals surface area contributed by atoms with Crippen LogP contribution in [0.4, 0.5) is 16.0 Å². The zero-order valence-electron chi connectivity index (χ0n) is 21.2. The smallest absolute Gasteiger partial charge is 0.254 e. The SMILES string of the molecule is Cc1c(F)ccc2cc([C@H](C)Nc3ncnn4cccc34)c(N3CCN(C(=O)c4ccncc4)CC3)nc12. The number of nitrogens with one attached hydrogen (secondary N) is 1. The van der Waals surface area contributed by atoms with Gasteiger partial charge in [0.05, 0.1) is 11.6 Å². The Labute approximate surface area is 219 Å². The topological polar surface area (TPSA) is 91.6 Å². The third kappa shape index (κ3) is 4.27. The second-order valence-electron chi connectivity index (χ2n) is 9.47. The van der Waals surface area contributed by atoms with E-state index in [-0.39, 0.29) is 17.8 Å². The number of carbonyl (C=O) groups is 1. The molecule has 0 saturated carbocycles. The van der Waals surface area contributed by atoms with Crippen LogP contribution in [0.2, 0.25) is 0 Å². The first-order chi connectivity index (χ1) is 18.5. The van der Waals surface area contributed by atoms with Crippen LogP contribution >= 0.6 is 0 Å². The highest BCUT2D eigenvalue weighted by atomic mass is 19.1. The summed E-state index contributed by atoms with van der Waals surface area (Å²) in [6, 6.07) is 12.5. The summed E-state index contributed by atoms with van der Waals surface area (Å²) in [5.74, 6) is 1.21. The van der Waals surface area contributed by atoms with Crippen molar-refractivity contribution in [3.05, 3.63) is 89.9 Å². The van der Waals surface area contributed by atoms with Crippen LogP contribution in [0.25, 0.3) is 16.4 Å². The molecule has 1 atom stereocenters. The number of halogens is 1. The summed E-state index contributed by atoms with van der Waals surface area (Å²) in [4.78, 5) is 30.5. The molecule has 0 unspecified atom stereocenters. The first-order valence-electron chi connectivity index (χ1n) is 12.6. The van der Waals surface area contributed by atoms with E-state index >= 15 is 0 Å². The fourth-order valence-corrected chi connectivity index (χ4v) is 4.99. The Morgan fingerprint density at radius 1 is 1.08 bits per heavy atom. The first-order valence-corrected chi connectivity index (χ1v) is 12.6. The fourth-order valence-electron chi connectivity index (χ4n) is 4.99. The van der Waals surface area contributed by atoms with Gasteiger partial charge in [-0.1, -0.05) is 0 Å². The lowest BCUT2D eigenvalue weighted by atomic mass is 10.0. The molecule has 6 rings (SSSR count). The molecule has 9 nitrogen and oxygen atoms in total. The van der Waals surface area contributed by atoms with Gasteiger partial charge in [0.25, 0.3) is 5.91 Å². The number of hydrogen-bond acceptors (Lipinski definition) is 7. The predicted molar refractivity (Wildman–Crippen MR) is 144 cm³/mol. The van der Waals surface area contributed by atoms with Crippen LogP contribution in [0.3, 0.4) is 0 Å². The molecule has 1 aliphatic heterocycles. The van der Waals surface area contributed by atoms with Crippen molar-refractivity contribution < 1.29 is 9.18 Å². The van der Waals surface area contributed by atoms with E-state index in [0.29, 0.717) is 48.6 Å². The van der Waals surface area contributed by atoms with Crippen LogP contribution in [-0.2, 0) is 0 Å². The molecule has 38 heavy (non-hydrogen) atoms. The largest absolute Gasteiger partial charge is 0.362 e. The van der Waals surface area contributed by atoms with Crippen molar-refractivity contribution in [2.45, 2.75) is 19.9 Å². The molecule has 5 aromatic rings. The summed E-state index contributed by atoms with van der Waals surface area (Å²) in [7, 11) is 0. The minimum Gasteiger partial charge on any atom is -0.362 e. The molecule has 10 heteroatoms. The number of benzene rings is 1. The quantitative estimate of drug-likeness (QED) is 0.378. The Bertz CT molecular complexity index is 1630. The summed E-state index contributed by atoms with van der Waals surface area (Å²) in [6.45, 7) is 6.15. The summed E-state index contributed by atoms with van der Waals surface area (Å²) in [5, 5.41) is 8.65. The minimum atomic E-state index is -0.278. The Morgan fingerprint density at radius 3 is 2.66 bits per heavy atom. The number of amides is 1. The van der Waals surface area contributed by atoms with Gasteiger partial charge < -0.3 is 15.1 Å². The van der Waals surface area contributed by atoms with E-state index in [2.05, 4.69) is 38.3 Å². The van der Waals surface area contributed by atoms with E-state index in [4.69, 9.17) is 4.98 Å². The van der Waals surface area contributed by atoms with Gasteiger partial charge in [0.2, 0.25) is 0 Å².